The molecule has 0 amide bonds. The maximum absolute atomic E-state index is 12.5. The maximum atomic E-state index is 12.5. The van der Waals surface area contributed by atoms with Gasteiger partial charge in [-0.1, -0.05) is 0 Å². The lowest BCUT2D eigenvalue weighted by Gasteiger charge is -2.26. The lowest BCUT2D eigenvalue weighted by molar-refractivity contribution is -0.141. The molecule has 0 saturated carbocycles. The van der Waals surface area contributed by atoms with E-state index < -0.39 is 11.9 Å². The summed E-state index contributed by atoms with van der Waals surface area (Å²) in [4.78, 5) is 9.63. The number of nitrogens with one attached hydrogen (secondary N) is 1. The van der Waals surface area contributed by atoms with Crippen LogP contribution in [-0.4, -0.2) is 47.6 Å². The third-order valence-electron chi connectivity index (χ3n) is 2.86. The van der Waals surface area contributed by atoms with Crippen LogP contribution in [0.5, 0.6) is 0 Å². The SMILES string of the molecule is FC(F)(F)c1ccnc(CCN2CCNCC2)n1. The first-order chi connectivity index (χ1) is 8.55. The van der Waals surface area contributed by atoms with Crippen LogP contribution in [0, 0.1) is 0 Å². The Balaban J connectivity index is 1.92. The first kappa shape index (κ1) is 13.2. The average molecular weight is 260 g/mol. The standard InChI is InChI=1S/C11H15F3N4/c12-11(13,14)9-1-3-16-10(17-9)2-6-18-7-4-15-5-8-18/h1,3,15H,2,4-8H2. The summed E-state index contributed by atoms with van der Waals surface area (Å²) in [6.45, 7) is 4.37. The summed E-state index contributed by atoms with van der Waals surface area (Å²) < 4.78 is 37.4. The zero-order valence-electron chi connectivity index (χ0n) is 9.87. The van der Waals surface area contributed by atoms with Gasteiger partial charge in [0.15, 0.2) is 0 Å². The van der Waals surface area contributed by atoms with E-state index in [1.165, 1.54) is 6.20 Å². The van der Waals surface area contributed by atoms with Gasteiger partial charge in [0.25, 0.3) is 0 Å². The monoisotopic (exact) mass is 260 g/mol. The number of piperazine rings is 1. The number of aromatic nitrogens is 2. The molecule has 2 heterocycles. The highest BCUT2D eigenvalue weighted by atomic mass is 19.4. The smallest absolute Gasteiger partial charge is 0.314 e. The minimum absolute atomic E-state index is 0.253. The molecule has 1 N–H and O–H groups in total. The third-order valence-corrected chi connectivity index (χ3v) is 2.86. The van der Waals surface area contributed by atoms with Gasteiger partial charge in [-0.3, -0.25) is 0 Å². The molecule has 4 nitrogen and oxygen atoms in total. The Hall–Kier alpha value is -1.21. The number of hydrogen-bond donors (Lipinski definition) is 1. The number of rotatable bonds is 3. The summed E-state index contributed by atoms with van der Waals surface area (Å²) in [6, 6.07) is 0.897. The van der Waals surface area contributed by atoms with E-state index in [1.54, 1.807) is 0 Å². The molecule has 7 heteroatoms. The van der Waals surface area contributed by atoms with Crippen molar-refractivity contribution in [2.24, 2.45) is 0 Å². The van der Waals surface area contributed by atoms with Gasteiger partial charge in [0.1, 0.15) is 11.5 Å². The van der Waals surface area contributed by atoms with Crippen LogP contribution in [0.1, 0.15) is 11.5 Å². The fourth-order valence-electron chi connectivity index (χ4n) is 1.87. The van der Waals surface area contributed by atoms with Crippen molar-refractivity contribution in [3.63, 3.8) is 0 Å². The van der Waals surface area contributed by atoms with Gasteiger partial charge in [-0.2, -0.15) is 13.2 Å². The summed E-state index contributed by atoms with van der Waals surface area (Å²) in [5, 5.41) is 3.22. The molecule has 0 bridgehead atoms. The van der Waals surface area contributed by atoms with Gasteiger partial charge in [-0.25, -0.2) is 9.97 Å². The van der Waals surface area contributed by atoms with Crippen LogP contribution in [0.2, 0.25) is 0 Å². The maximum Gasteiger partial charge on any atom is 0.433 e. The number of hydrogen-bond acceptors (Lipinski definition) is 4. The molecule has 100 valence electrons. The highest BCUT2D eigenvalue weighted by Crippen LogP contribution is 2.26. The van der Waals surface area contributed by atoms with E-state index in [-0.39, 0.29) is 5.82 Å². The topological polar surface area (TPSA) is 41.1 Å². The van der Waals surface area contributed by atoms with Crippen LogP contribution >= 0.6 is 0 Å². The Kier molecular flexibility index (Phi) is 4.13. The summed E-state index contributed by atoms with van der Waals surface area (Å²) in [5.41, 5.74) is -0.868. The molecule has 1 aromatic rings. The Labute approximate surface area is 103 Å². The molecule has 0 aliphatic carbocycles. The fourth-order valence-corrected chi connectivity index (χ4v) is 1.87. The van der Waals surface area contributed by atoms with Gasteiger partial charge in [0, 0.05) is 45.3 Å². The van der Waals surface area contributed by atoms with Crippen LogP contribution < -0.4 is 5.32 Å². The van der Waals surface area contributed by atoms with Crippen LogP contribution in [0.25, 0.3) is 0 Å². The van der Waals surface area contributed by atoms with Crippen LogP contribution in [0.15, 0.2) is 12.3 Å². The van der Waals surface area contributed by atoms with Crippen molar-refractivity contribution in [3.8, 4) is 0 Å². The first-order valence-corrected chi connectivity index (χ1v) is 5.88. The quantitative estimate of drug-likeness (QED) is 0.878. The van der Waals surface area contributed by atoms with E-state index in [2.05, 4.69) is 20.2 Å². The molecule has 0 aromatic carbocycles. The summed E-state index contributed by atoms with van der Waals surface area (Å²) in [5.74, 6) is 0.253. The zero-order chi connectivity index (χ0) is 13.0. The van der Waals surface area contributed by atoms with E-state index in [0.717, 1.165) is 32.2 Å². The summed E-state index contributed by atoms with van der Waals surface area (Å²) in [7, 11) is 0. The Morgan fingerprint density at radius 3 is 2.67 bits per heavy atom. The Bertz CT molecular complexity index is 388. The number of halogens is 3. The lowest BCUT2D eigenvalue weighted by atomic mass is 10.3. The molecule has 0 radical (unpaired) electrons. The second kappa shape index (κ2) is 5.62. The van der Waals surface area contributed by atoms with Crippen LogP contribution in [-0.2, 0) is 12.6 Å². The van der Waals surface area contributed by atoms with E-state index in [0.29, 0.717) is 13.0 Å². The van der Waals surface area contributed by atoms with Crippen molar-refractivity contribution in [1.29, 1.82) is 0 Å². The lowest BCUT2D eigenvalue weighted by Crippen LogP contribution is -2.44. The highest BCUT2D eigenvalue weighted by molar-refractivity contribution is 5.06. The van der Waals surface area contributed by atoms with Crippen molar-refractivity contribution in [2.45, 2.75) is 12.6 Å². The normalized spacial score (nSPS) is 17.9. The molecule has 0 unspecified atom stereocenters. The Morgan fingerprint density at radius 1 is 1.28 bits per heavy atom. The van der Waals surface area contributed by atoms with Gasteiger partial charge >= 0.3 is 6.18 Å². The molecule has 1 aliphatic rings. The van der Waals surface area contributed by atoms with Crippen molar-refractivity contribution in [1.82, 2.24) is 20.2 Å². The molecule has 1 aromatic heterocycles. The molecule has 0 spiro atoms. The molecule has 1 fully saturated rings. The minimum atomic E-state index is -4.40. The fraction of sp³-hybridized carbons (Fsp3) is 0.636. The number of alkyl halides is 3. The molecule has 0 atom stereocenters. The molecule has 2 rings (SSSR count). The molecule has 18 heavy (non-hydrogen) atoms. The zero-order valence-corrected chi connectivity index (χ0v) is 9.87. The van der Waals surface area contributed by atoms with E-state index >= 15 is 0 Å². The third kappa shape index (κ3) is 3.64. The molecule has 1 saturated heterocycles. The highest BCUT2D eigenvalue weighted by Gasteiger charge is 2.32. The summed E-state index contributed by atoms with van der Waals surface area (Å²) >= 11 is 0. The average Bonchev–Trinajstić information content (AvgIpc) is 2.37. The molecular weight excluding hydrogens is 245 g/mol. The van der Waals surface area contributed by atoms with Gasteiger partial charge in [-0.15, -0.1) is 0 Å². The minimum Gasteiger partial charge on any atom is -0.314 e. The van der Waals surface area contributed by atoms with Gasteiger partial charge in [-0.05, 0) is 6.07 Å². The van der Waals surface area contributed by atoms with Crippen LogP contribution in [0.3, 0.4) is 0 Å². The van der Waals surface area contributed by atoms with Crippen molar-refractivity contribution >= 4 is 0 Å². The van der Waals surface area contributed by atoms with Gasteiger partial charge in [0.05, 0.1) is 0 Å². The van der Waals surface area contributed by atoms with Gasteiger partial charge in [0.2, 0.25) is 0 Å². The van der Waals surface area contributed by atoms with Crippen molar-refractivity contribution in [2.75, 3.05) is 32.7 Å². The van der Waals surface area contributed by atoms with Gasteiger partial charge < -0.3 is 10.2 Å². The van der Waals surface area contributed by atoms with Crippen LogP contribution in [0.4, 0.5) is 13.2 Å². The van der Waals surface area contributed by atoms with E-state index in [4.69, 9.17) is 0 Å². The van der Waals surface area contributed by atoms with E-state index in [1.807, 2.05) is 0 Å². The predicted octanol–water partition coefficient (Wildman–Crippen LogP) is 0.943. The molecular formula is C11H15F3N4. The first-order valence-electron chi connectivity index (χ1n) is 5.88. The predicted molar refractivity (Wildman–Crippen MR) is 60.0 cm³/mol. The Morgan fingerprint density at radius 2 is 2.00 bits per heavy atom. The van der Waals surface area contributed by atoms with Crippen molar-refractivity contribution in [3.05, 3.63) is 23.8 Å². The largest absolute Gasteiger partial charge is 0.433 e. The van der Waals surface area contributed by atoms with E-state index in [9.17, 15) is 13.2 Å². The second-order valence-electron chi connectivity index (χ2n) is 4.20. The molecule has 1 aliphatic heterocycles. The second-order valence-corrected chi connectivity index (χ2v) is 4.20. The number of nitrogens with zero attached hydrogens (tertiary/aromatic N) is 3. The summed E-state index contributed by atoms with van der Waals surface area (Å²) in [6.07, 6.45) is -2.78. The van der Waals surface area contributed by atoms with Crippen molar-refractivity contribution < 1.29 is 13.2 Å².